The molecule has 0 fully saturated rings. The largest absolute Gasteiger partial charge is 0.353 e. The topological polar surface area (TPSA) is 44.4 Å². The van der Waals surface area contributed by atoms with E-state index in [4.69, 9.17) is 0 Å². The Morgan fingerprint density at radius 3 is 2.47 bits per heavy atom. The maximum atomic E-state index is 11.6. The third kappa shape index (κ3) is 11.0. The molecule has 4 heteroatoms. The molecule has 0 heterocycles. The predicted molar refractivity (Wildman–Crippen MR) is 82.4 cm³/mol. The van der Waals surface area contributed by atoms with Crippen LogP contribution < -0.4 is 10.6 Å². The first kappa shape index (κ1) is 18.4. The summed E-state index contributed by atoms with van der Waals surface area (Å²) in [4.78, 5) is 13.9. The van der Waals surface area contributed by atoms with Crippen molar-refractivity contribution >= 4 is 5.91 Å². The molecule has 0 aliphatic rings. The molecular weight excluding hydrogens is 238 g/mol. The first-order chi connectivity index (χ1) is 8.97. The minimum atomic E-state index is 0.111. The number of unbranched alkanes of at least 4 members (excludes halogenated alkanes) is 1. The molecule has 1 unspecified atom stereocenters. The zero-order valence-electron chi connectivity index (χ0n) is 13.5. The second kappa shape index (κ2) is 11.2. The molecule has 4 nitrogen and oxygen atoms in total. The van der Waals surface area contributed by atoms with Gasteiger partial charge >= 0.3 is 0 Å². The Morgan fingerprint density at radius 1 is 1.21 bits per heavy atom. The molecule has 1 amide bonds. The highest BCUT2D eigenvalue weighted by Crippen LogP contribution is 1.97. The molecule has 0 saturated carbocycles. The smallest absolute Gasteiger partial charge is 0.234 e. The van der Waals surface area contributed by atoms with Crippen molar-refractivity contribution in [3.8, 4) is 0 Å². The summed E-state index contributed by atoms with van der Waals surface area (Å²) in [5.41, 5.74) is 0. The van der Waals surface area contributed by atoms with Crippen LogP contribution in [0.3, 0.4) is 0 Å². The van der Waals surface area contributed by atoms with Crippen molar-refractivity contribution in [1.29, 1.82) is 0 Å². The number of hydrogen-bond acceptors (Lipinski definition) is 3. The van der Waals surface area contributed by atoms with Crippen LogP contribution in [-0.2, 0) is 4.79 Å². The molecule has 0 aromatic carbocycles. The molecular formula is C15H33N3O. The summed E-state index contributed by atoms with van der Waals surface area (Å²) in [6, 6.07) is 0.901. The fourth-order valence-electron chi connectivity index (χ4n) is 1.90. The van der Waals surface area contributed by atoms with Crippen LogP contribution in [0.2, 0.25) is 0 Å². The molecule has 0 aliphatic heterocycles. The summed E-state index contributed by atoms with van der Waals surface area (Å²) >= 11 is 0. The molecule has 1 atom stereocenters. The second-order valence-corrected chi connectivity index (χ2v) is 5.72. The fourth-order valence-corrected chi connectivity index (χ4v) is 1.90. The lowest BCUT2D eigenvalue weighted by molar-refractivity contribution is -0.120. The van der Waals surface area contributed by atoms with Gasteiger partial charge in [0.15, 0.2) is 0 Å². The van der Waals surface area contributed by atoms with E-state index in [0.29, 0.717) is 18.6 Å². The van der Waals surface area contributed by atoms with Crippen LogP contribution in [0.1, 0.15) is 53.4 Å². The third-order valence-electron chi connectivity index (χ3n) is 3.41. The van der Waals surface area contributed by atoms with Gasteiger partial charge in [-0.2, -0.15) is 0 Å². The van der Waals surface area contributed by atoms with Crippen molar-refractivity contribution < 1.29 is 4.79 Å². The van der Waals surface area contributed by atoms with E-state index in [1.807, 2.05) is 0 Å². The monoisotopic (exact) mass is 271 g/mol. The van der Waals surface area contributed by atoms with Crippen molar-refractivity contribution in [2.24, 2.45) is 0 Å². The zero-order chi connectivity index (χ0) is 14.7. The maximum absolute atomic E-state index is 11.6. The van der Waals surface area contributed by atoms with Gasteiger partial charge in [-0.05, 0) is 60.2 Å². The van der Waals surface area contributed by atoms with Crippen LogP contribution in [0, 0.1) is 0 Å². The molecule has 0 rings (SSSR count). The normalized spacial score (nSPS) is 13.0. The standard InChI is InChI=1S/C15H33N3O/c1-6-9-14(4)17-15(19)12-16-10-7-8-11-18(5)13(2)3/h13-14,16H,6-12H2,1-5H3,(H,17,19). The van der Waals surface area contributed by atoms with E-state index in [0.717, 1.165) is 32.4 Å². The van der Waals surface area contributed by atoms with E-state index < -0.39 is 0 Å². The molecule has 19 heavy (non-hydrogen) atoms. The molecule has 0 aromatic heterocycles. The Balaban J connectivity index is 3.41. The molecule has 0 aromatic rings. The van der Waals surface area contributed by atoms with E-state index in [1.54, 1.807) is 0 Å². The minimum Gasteiger partial charge on any atom is -0.353 e. The van der Waals surface area contributed by atoms with Crippen molar-refractivity contribution in [2.75, 3.05) is 26.7 Å². The van der Waals surface area contributed by atoms with Gasteiger partial charge in [0, 0.05) is 12.1 Å². The summed E-state index contributed by atoms with van der Waals surface area (Å²) in [6.07, 6.45) is 4.45. The quantitative estimate of drug-likeness (QED) is 0.565. The van der Waals surface area contributed by atoms with Gasteiger partial charge in [0.2, 0.25) is 5.91 Å². The van der Waals surface area contributed by atoms with E-state index in [-0.39, 0.29) is 5.91 Å². The van der Waals surface area contributed by atoms with Gasteiger partial charge in [0.05, 0.1) is 6.54 Å². The van der Waals surface area contributed by atoms with Crippen LogP contribution >= 0.6 is 0 Å². The first-order valence-electron chi connectivity index (χ1n) is 7.67. The van der Waals surface area contributed by atoms with Crippen molar-refractivity contribution in [3.05, 3.63) is 0 Å². The molecule has 0 bridgehead atoms. The zero-order valence-corrected chi connectivity index (χ0v) is 13.5. The van der Waals surface area contributed by atoms with Crippen LogP contribution in [0.4, 0.5) is 0 Å². The lowest BCUT2D eigenvalue weighted by atomic mass is 10.2. The van der Waals surface area contributed by atoms with E-state index in [1.165, 1.54) is 6.42 Å². The molecule has 114 valence electrons. The SMILES string of the molecule is CCCC(C)NC(=O)CNCCCCN(C)C(C)C. The van der Waals surface area contributed by atoms with Crippen molar-refractivity contribution in [3.63, 3.8) is 0 Å². The molecule has 0 saturated heterocycles. The van der Waals surface area contributed by atoms with E-state index in [2.05, 4.69) is 50.3 Å². The van der Waals surface area contributed by atoms with Crippen LogP contribution in [0.5, 0.6) is 0 Å². The van der Waals surface area contributed by atoms with Gasteiger partial charge in [0.25, 0.3) is 0 Å². The van der Waals surface area contributed by atoms with E-state index >= 15 is 0 Å². The Bertz CT molecular complexity index is 231. The molecule has 2 N–H and O–H groups in total. The maximum Gasteiger partial charge on any atom is 0.234 e. The Labute approximate surface area is 119 Å². The third-order valence-corrected chi connectivity index (χ3v) is 3.41. The minimum absolute atomic E-state index is 0.111. The number of hydrogen-bond donors (Lipinski definition) is 2. The number of carbonyl (C=O) groups excluding carboxylic acids is 1. The lowest BCUT2D eigenvalue weighted by Crippen LogP contribution is -2.39. The number of nitrogens with zero attached hydrogens (tertiary/aromatic N) is 1. The average Bonchev–Trinajstić information content (AvgIpc) is 2.33. The summed E-state index contributed by atoms with van der Waals surface area (Å²) < 4.78 is 0. The molecule has 0 radical (unpaired) electrons. The summed E-state index contributed by atoms with van der Waals surface area (Å²) in [6.45, 7) is 11.1. The van der Waals surface area contributed by atoms with Gasteiger partial charge < -0.3 is 15.5 Å². The van der Waals surface area contributed by atoms with Gasteiger partial charge in [0.1, 0.15) is 0 Å². The van der Waals surface area contributed by atoms with E-state index in [9.17, 15) is 4.79 Å². The van der Waals surface area contributed by atoms with Crippen molar-refractivity contribution in [2.45, 2.75) is 65.5 Å². The number of carbonyl (C=O) groups is 1. The molecule has 0 aliphatic carbocycles. The second-order valence-electron chi connectivity index (χ2n) is 5.72. The highest BCUT2D eigenvalue weighted by atomic mass is 16.1. The lowest BCUT2D eigenvalue weighted by Gasteiger charge is -2.20. The van der Waals surface area contributed by atoms with Gasteiger partial charge in [-0.3, -0.25) is 4.79 Å². The fraction of sp³-hybridized carbons (Fsp3) is 0.933. The van der Waals surface area contributed by atoms with Gasteiger partial charge in [-0.15, -0.1) is 0 Å². The Morgan fingerprint density at radius 2 is 1.89 bits per heavy atom. The van der Waals surface area contributed by atoms with Crippen LogP contribution in [0.25, 0.3) is 0 Å². The summed E-state index contributed by atoms with van der Waals surface area (Å²) in [5.74, 6) is 0.111. The van der Waals surface area contributed by atoms with Crippen molar-refractivity contribution in [1.82, 2.24) is 15.5 Å². The number of rotatable bonds is 11. The first-order valence-corrected chi connectivity index (χ1v) is 7.67. The van der Waals surface area contributed by atoms with Gasteiger partial charge in [-0.1, -0.05) is 13.3 Å². The predicted octanol–water partition coefficient (Wildman–Crippen LogP) is 2.00. The number of nitrogens with one attached hydrogen (secondary N) is 2. The van der Waals surface area contributed by atoms with Crippen LogP contribution in [-0.4, -0.2) is 49.6 Å². The number of amides is 1. The average molecular weight is 271 g/mol. The van der Waals surface area contributed by atoms with Crippen LogP contribution in [0.15, 0.2) is 0 Å². The molecule has 0 spiro atoms. The highest BCUT2D eigenvalue weighted by molar-refractivity contribution is 5.78. The summed E-state index contributed by atoms with van der Waals surface area (Å²) in [5, 5.41) is 6.20. The summed E-state index contributed by atoms with van der Waals surface area (Å²) in [7, 11) is 2.15. The Hall–Kier alpha value is -0.610. The van der Waals surface area contributed by atoms with Gasteiger partial charge in [-0.25, -0.2) is 0 Å². The Kier molecular flexibility index (Phi) is 10.9. The highest BCUT2D eigenvalue weighted by Gasteiger charge is 2.05.